The van der Waals surface area contributed by atoms with Crippen LogP contribution in [0.25, 0.3) is 0 Å². The van der Waals surface area contributed by atoms with Crippen LogP contribution >= 0.6 is 0 Å². The van der Waals surface area contributed by atoms with E-state index in [1.54, 1.807) is 0 Å². The summed E-state index contributed by atoms with van der Waals surface area (Å²) in [6, 6.07) is 0. The lowest BCUT2D eigenvalue weighted by atomic mass is 9.85. The third kappa shape index (κ3) is 6.12. The first-order valence-electron chi connectivity index (χ1n) is 5.60. The minimum absolute atomic E-state index is 0.477. The van der Waals surface area contributed by atoms with Crippen molar-refractivity contribution in [2.24, 2.45) is 5.92 Å². The van der Waals surface area contributed by atoms with Gasteiger partial charge >= 0.3 is 0 Å². The summed E-state index contributed by atoms with van der Waals surface area (Å²) in [6.07, 6.45) is 6.61. The topological polar surface area (TPSA) is 74.6 Å². The van der Waals surface area contributed by atoms with Gasteiger partial charge in [0.15, 0.2) is 0 Å². The molecule has 1 atom stereocenters. The number of hydrogen-bond donors (Lipinski definition) is 2. The van der Waals surface area contributed by atoms with Crippen molar-refractivity contribution in [2.45, 2.75) is 51.0 Å². The fourth-order valence-corrected chi connectivity index (χ4v) is 2.88. The van der Waals surface area contributed by atoms with Gasteiger partial charge in [0.2, 0.25) is 0 Å². The Morgan fingerprint density at radius 3 is 2.33 bits per heavy atom. The van der Waals surface area contributed by atoms with Crippen LogP contribution in [-0.4, -0.2) is 29.9 Å². The van der Waals surface area contributed by atoms with E-state index >= 15 is 0 Å². The summed E-state index contributed by atoms with van der Waals surface area (Å²) < 4.78 is 29.5. The van der Waals surface area contributed by atoms with Gasteiger partial charge in [0.25, 0.3) is 10.1 Å². The van der Waals surface area contributed by atoms with Crippen molar-refractivity contribution in [3.63, 3.8) is 0 Å². The van der Waals surface area contributed by atoms with Crippen molar-refractivity contribution in [1.82, 2.24) is 0 Å². The normalized spacial score (nSPS) is 21.5. The van der Waals surface area contributed by atoms with Gasteiger partial charge in [-0.25, -0.2) is 0 Å². The Balaban J connectivity index is 2.18. The summed E-state index contributed by atoms with van der Waals surface area (Å²) in [4.78, 5) is 0. The molecule has 0 radical (unpaired) electrons. The van der Waals surface area contributed by atoms with Crippen molar-refractivity contribution >= 4 is 10.1 Å². The molecule has 2 N–H and O–H groups in total. The second-order valence-electron chi connectivity index (χ2n) is 4.48. The Bertz CT molecular complexity index is 267. The van der Waals surface area contributed by atoms with Gasteiger partial charge in [-0.3, -0.25) is 4.55 Å². The average molecular weight is 236 g/mol. The van der Waals surface area contributed by atoms with Crippen LogP contribution in [0.2, 0.25) is 0 Å². The highest BCUT2D eigenvalue weighted by Gasteiger charge is 2.18. The van der Waals surface area contributed by atoms with Gasteiger partial charge in [-0.15, -0.1) is 0 Å². The largest absolute Gasteiger partial charge is 0.392 e. The van der Waals surface area contributed by atoms with Crippen molar-refractivity contribution < 1.29 is 18.1 Å². The van der Waals surface area contributed by atoms with Crippen LogP contribution < -0.4 is 0 Å². The number of hydrogen-bond acceptors (Lipinski definition) is 3. The molecule has 0 aromatic rings. The fraction of sp³-hybridized carbons (Fsp3) is 1.00. The summed E-state index contributed by atoms with van der Waals surface area (Å²) >= 11 is 0. The maximum atomic E-state index is 10.5. The first kappa shape index (κ1) is 12.9. The van der Waals surface area contributed by atoms with Crippen LogP contribution in [0.1, 0.15) is 44.9 Å². The molecule has 1 aliphatic rings. The molecule has 0 aromatic heterocycles. The second kappa shape index (κ2) is 5.82. The number of rotatable bonds is 5. The molecule has 0 saturated heterocycles. The summed E-state index contributed by atoms with van der Waals surface area (Å²) in [5.41, 5.74) is 0. The molecule has 0 heterocycles. The molecule has 5 heteroatoms. The summed E-state index contributed by atoms with van der Waals surface area (Å²) in [6.45, 7) is 0. The lowest BCUT2D eigenvalue weighted by molar-refractivity contribution is 0.167. The first-order valence-corrected chi connectivity index (χ1v) is 7.21. The van der Waals surface area contributed by atoms with E-state index < -0.39 is 22.0 Å². The minimum atomic E-state index is -4.03. The molecule has 1 rings (SSSR count). The lowest BCUT2D eigenvalue weighted by Gasteiger charge is -2.22. The number of aliphatic hydroxyl groups excluding tert-OH is 1. The van der Waals surface area contributed by atoms with Crippen LogP contribution in [0.4, 0.5) is 0 Å². The van der Waals surface area contributed by atoms with Gasteiger partial charge in [0, 0.05) is 0 Å². The van der Waals surface area contributed by atoms with E-state index in [0.29, 0.717) is 12.3 Å². The third-order valence-electron chi connectivity index (χ3n) is 3.04. The zero-order valence-corrected chi connectivity index (χ0v) is 9.75. The van der Waals surface area contributed by atoms with Crippen LogP contribution in [0.15, 0.2) is 0 Å². The van der Waals surface area contributed by atoms with Gasteiger partial charge < -0.3 is 5.11 Å². The van der Waals surface area contributed by atoms with E-state index in [2.05, 4.69) is 0 Å². The molecule has 4 nitrogen and oxygen atoms in total. The van der Waals surface area contributed by atoms with E-state index in [4.69, 9.17) is 4.55 Å². The Morgan fingerprint density at radius 1 is 1.20 bits per heavy atom. The first-order chi connectivity index (χ1) is 6.97. The molecule has 0 amide bonds. The molecular formula is C10H20O4S. The van der Waals surface area contributed by atoms with Crippen LogP contribution in [0.3, 0.4) is 0 Å². The molecule has 0 aliphatic heterocycles. The van der Waals surface area contributed by atoms with Gasteiger partial charge in [-0.2, -0.15) is 8.42 Å². The molecule has 1 fully saturated rings. The van der Waals surface area contributed by atoms with E-state index in [0.717, 1.165) is 6.42 Å². The van der Waals surface area contributed by atoms with Gasteiger partial charge in [-0.05, 0) is 18.8 Å². The van der Waals surface area contributed by atoms with E-state index in [1.165, 1.54) is 32.1 Å². The highest BCUT2D eigenvalue weighted by Crippen LogP contribution is 2.27. The monoisotopic (exact) mass is 236 g/mol. The third-order valence-corrected chi connectivity index (χ3v) is 3.84. The molecule has 1 saturated carbocycles. The predicted molar refractivity (Wildman–Crippen MR) is 58.2 cm³/mol. The Labute approximate surface area is 91.4 Å². The van der Waals surface area contributed by atoms with Crippen LogP contribution in [0, 0.1) is 5.92 Å². The maximum absolute atomic E-state index is 10.5. The zero-order valence-electron chi connectivity index (χ0n) is 8.93. The predicted octanol–water partition coefficient (Wildman–Crippen LogP) is 1.60. The van der Waals surface area contributed by atoms with Gasteiger partial charge in [-0.1, -0.05) is 32.1 Å². The molecule has 0 aromatic carbocycles. The highest BCUT2D eigenvalue weighted by atomic mass is 32.2. The molecule has 0 bridgehead atoms. The molecular weight excluding hydrogens is 216 g/mol. The van der Waals surface area contributed by atoms with Crippen molar-refractivity contribution in [3.8, 4) is 0 Å². The standard InChI is InChI=1S/C10H20O4S/c11-10(8-15(12,13)14)7-6-9-4-2-1-3-5-9/h9-11H,1-8H2,(H,12,13,14). The van der Waals surface area contributed by atoms with E-state index in [9.17, 15) is 13.5 Å². The molecule has 1 unspecified atom stereocenters. The van der Waals surface area contributed by atoms with E-state index in [-0.39, 0.29) is 0 Å². The Hall–Kier alpha value is -0.130. The minimum Gasteiger partial charge on any atom is -0.392 e. The second-order valence-corrected chi connectivity index (χ2v) is 5.98. The van der Waals surface area contributed by atoms with Gasteiger partial charge in [0.05, 0.1) is 6.10 Å². The van der Waals surface area contributed by atoms with Crippen molar-refractivity contribution in [1.29, 1.82) is 0 Å². The van der Waals surface area contributed by atoms with Gasteiger partial charge in [0.1, 0.15) is 5.75 Å². The smallest absolute Gasteiger partial charge is 0.267 e. The summed E-state index contributed by atoms with van der Waals surface area (Å²) in [5.74, 6) is 0.106. The summed E-state index contributed by atoms with van der Waals surface area (Å²) in [7, 11) is -4.03. The Morgan fingerprint density at radius 2 is 1.80 bits per heavy atom. The van der Waals surface area contributed by atoms with Crippen molar-refractivity contribution in [3.05, 3.63) is 0 Å². The fourth-order valence-electron chi connectivity index (χ4n) is 2.23. The molecule has 90 valence electrons. The van der Waals surface area contributed by atoms with Crippen molar-refractivity contribution in [2.75, 3.05) is 5.75 Å². The molecule has 0 spiro atoms. The maximum Gasteiger partial charge on any atom is 0.267 e. The summed E-state index contributed by atoms with van der Waals surface area (Å²) in [5, 5.41) is 9.38. The van der Waals surface area contributed by atoms with E-state index in [1.807, 2.05) is 0 Å². The SMILES string of the molecule is O=S(=O)(O)CC(O)CCC1CCCCC1. The lowest BCUT2D eigenvalue weighted by Crippen LogP contribution is -2.21. The molecule has 15 heavy (non-hydrogen) atoms. The zero-order chi connectivity index (χ0) is 11.3. The quantitative estimate of drug-likeness (QED) is 0.711. The average Bonchev–Trinajstić information content (AvgIpc) is 2.14. The number of aliphatic hydroxyl groups is 1. The highest BCUT2D eigenvalue weighted by molar-refractivity contribution is 7.85. The molecule has 1 aliphatic carbocycles. The van der Waals surface area contributed by atoms with Crippen LogP contribution in [-0.2, 0) is 10.1 Å². The Kier molecular flexibility index (Phi) is 5.02. The van der Waals surface area contributed by atoms with Crippen LogP contribution in [0.5, 0.6) is 0 Å².